The summed E-state index contributed by atoms with van der Waals surface area (Å²) in [6.45, 7) is 25.4. The van der Waals surface area contributed by atoms with Crippen LogP contribution in [0.25, 0.3) is 6.08 Å². The number of hydrazine groups is 1. The summed E-state index contributed by atoms with van der Waals surface area (Å²) in [5, 5.41) is 6.20. The van der Waals surface area contributed by atoms with Crippen LogP contribution in [-0.4, -0.2) is 74.6 Å². The van der Waals surface area contributed by atoms with E-state index in [1.807, 2.05) is 46.1 Å². The summed E-state index contributed by atoms with van der Waals surface area (Å²) in [4.78, 5) is 51.7. The predicted octanol–water partition coefficient (Wildman–Crippen LogP) is 7.85. The van der Waals surface area contributed by atoms with E-state index in [0.717, 1.165) is 48.4 Å². The minimum absolute atomic E-state index is 0.0122. The number of aromatic nitrogens is 1. The van der Waals surface area contributed by atoms with Crippen molar-refractivity contribution in [2.45, 2.75) is 175 Å². The summed E-state index contributed by atoms with van der Waals surface area (Å²) in [7, 11) is -0.902. The fourth-order valence-corrected chi connectivity index (χ4v) is 9.11. The van der Waals surface area contributed by atoms with Crippen molar-refractivity contribution >= 4 is 43.4 Å². The Morgan fingerprint density at radius 1 is 1.17 bits per heavy atom. The Labute approximate surface area is 324 Å². The van der Waals surface area contributed by atoms with Crippen LogP contribution < -0.4 is 16.3 Å². The van der Waals surface area contributed by atoms with E-state index in [-0.39, 0.29) is 59.2 Å². The van der Waals surface area contributed by atoms with Gasteiger partial charge in [-0.15, -0.1) is 16.9 Å². The van der Waals surface area contributed by atoms with Gasteiger partial charge in [-0.25, -0.2) is 10.4 Å². The molecule has 1 aromatic heterocycles. The van der Waals surface area contributed by atoms with Crippen molar-refractivity contribution in [3.05, 3.63) is 21.7 Å². The van der Waals surface area contributed by atoms with Crippen LogP contribution in [-0.2, 0) is 33.1 Å². The number of carbonyl (C=O) groups is 3. The molecule has 7 atom stereocenters. The average molecular weight is 779 g/mol. The molecule has 3 heterocycles. The van der Waals surface area contributed by atoms with Gasteiger partial charge in [-0.2, -0.15) is 0 Å². The minimum atomic E-state index is -2.44. The van der Waals surface area contributed by atoms with Crippen molar-refractivity contribution in [1.29, 1.82) is 0 Å². The van der Waals surface area contributed by atoms with Crippen LogP contribution in [0.1, 0.15) is 131 Å². The largest absolute Gasteiger partial charge is 0.461 e. The first-order valence-corrected chi connectivity index (χ1v) is 23.4. The molecule has 0 aliphatic carbocycles. The average Bonchev–Trinajstić information content (AvgIpc) is 3.50. The summed E-state index contributed by atoms with van der Waals surface area (Å²) >= 11 is 1.60. The van der Waals surface area contributed by atoms with Crippen LogP contribution >= 0.6 is 11.3 Å². The van der Waals surface area contributed by atoms with E-state index in [1.54, 1.807) is 18.4 Å². The molecule has 0 radical (unpaired) electrons. The second-order valence-electron chi connectivity index (χ2n) is 17.8. The van der Waals surface area contributed by atoms with E-state index < -0.39 is 31.9 Å². The molecule has 2 saturated heterocycles. The number of nitrogens with one attached hydrogen (secondary N) is 3. The first-order chi connectivity index (χ1) is 24.6. The highest BCUT2D eigenvalue weighted by molar-refractivity contribution is 7.09. The second kappa shape index (κ2) is 19.2. The number of ether oxygens (including phenoxy) is 2. The fraction of sp³-hybridized carbons (Fsp3) is 0.800. The summed E-state index contributed by atoms with van der Waals surface area (Å²) < 4.78 is 19.6. The van der Waals surface area contributed by atoms with Gasteiger partial charge in [0.25, 0.3) is 0 Å². The maximum atomic E-state index is 14.8. The quantitative estimate of drug-likeness (QED) is 0.0597. The smallest absolute Gasteiger partial charge is 0.306 e. The van der Waals surface area contributed by atoms with Crippen LogP contribution in [0.2, 0.25) is 18.1 Å². The van der Waals surface area contributed by atoms with Crippen LogP contribution in [0.5, 0.6) is 0 Å². The number of carbonyl (C=O) groups excluding carboxylic acids is 3. The van der Waals surface area contributed by atoms with Crippen molar-refractivity contribution in [3.63, 3.8) is 0 Å². The number of ketones is 1. The lowest BCUT2D eigenvalue weighted by atomic mass is 9.72. The lowest BCUT2D eigenvalue weighted by Crippen LogP contribution is -2.54. The molecule has 0 unspecified atom stereocenters. The van der Waals surface area contributed by atoms with Gasteiger partial charge in [0.15, 0.2) is 8.32 Å². The molecule has 13 heteroatoms. The lowest BCUT2D eigenvalue weighted by molar-refractivity contribution is -0.160. The predicted molar refractivity (Wildman–Crippen MR) is 214 cm³/mol. The number of esters is 1. The van der Waals surface area contributed by atoms with Gasteiger partial charge in [-0.1, -0.05) is 61.3 Å². The normalized spacial score (nSPS) is 29.3. The molecule has 1 amide bonds. The summed E-state index contributed by atoms with van der Waals surface area (Å²) in [5.41, 5.74) is 6.07. The van der Waals surface area contributed by atoms with Crippen LogP contribution in [0.3, 0.4) is 0 Å². The number of Topliss-reactive ketones (excluding diaryl/α,β-unsaturated/α-hetero) is 1. The maximum absolute atomic E-state index is 14.8. The molecule has 0 saturated carbocycles. The molecule has 53 heavy (non-hydrogen) atoms. The molecule has 0 bridgehead atoms. The Hall–Kier alpha value is -2.00. The maximum Gasteiger partial charge on any atom is 0.306 e. The first kappa shape index (κ1) is 45.4. The molecule has 0 aromatic carbocycles. The number of unbranched alkanes of at least 4 members (excludes halogenated alkanes) is 2. The fourth-order valence-electron chi connectivity index (χ4n) is 7.10. The van der Waals surface area contributed by atoms with Gasteiger partial charge in [0, 0.05) is 30.2 Å². The Bertz CT molecular complexity index is 1410. The molecule has 302 valence electrons. The zero-order valence-corrected chi connectivity index (χ0v) is 36.7. The van der Waals surface area contributed by atoms with Gasteiger partial charge in [0.2, 0.25) is 5.91 Å². The number of epoxide rings is 1. The number of thiazole rings is 1. The topological polar surface area (TPSA) is 140 Å². The zero-order valence-electron chi connectivity index (χ0n) is 34.9. The van der Waals surface area contributed by atoms with Crippen LogP contribution in [0.15, 0.2) is 11.0 Å². The molecule has 3 rings (SSSR count). The number of nitrogens with zero attached hydrogens (tertiary/aromatic N) is 1. The number of hydrogen-bond acceptors (Lipinski definition) is 11. The van der Waals surface area contributed by atoms with Crippen molar-refractivity contribution in [2.75, 3.05) is 13.7 Å². The summed E-state index contributed by atoms with van der Waals surface area (Å²) in [6, 6.07) is -0.267. The van der Waals surface area contributed by atoms with E-state index in [1.165, 1.54) is 0 Å². The number of rotatable bonds is 13. The Morgan fingerprint density at radius 2 is 1.87 bits per heavy atom. The standard InChI is InChI=1S/C40H70N4O7SSi/c1-26-18-17-20-40(10)33(50-40)23-31(27(2)22-30-25-52-29(4)42-30)43-34(45)24-32(51-53(12,13)38(5,6)7)39(8,9)37(47)28(3)36(26)49-35(46)19-15-14-16-21-41-44-48-11/h22,25-26,28,31-33,36,41,44H,14-21,23-24H2,1-13H3,(H,43,45)/b27-22+/t26-,28+,31-,32-,33-,36-,40+/m0/s1. The second-order valence-corrected chi connectivity index (χ2v) is 23.6. The summed E-state index contributed by atoms with van der Waals surface area (Å²) in [5.74, 6) is -1.19. The van der Waals surface area contributed by atoms with E-state index in [0.29, 0.717) is 19.4 Å². The minimum Gasteiger partial charge on any atom is -0.461 e. The number of hydrogen-bond donors (Lipinski definition) is 3. The highest BCUT2D eigenvalue weighted by Gasteiger charge is 2.53. The van der Waals surface area contributed by atoms with Crippen molar-refractivity contribution in [3.8, 4) is 0 Å². The monoisotopic (exact) mass is 778 g/mol. The Morgan fingerprint density at radius 3 is 2.49 bits per heavy atom. The Kier molecular flexibility index (Phi) is 16.5. The third-order valence-corrected chi connectivity index (χ3v) is 17.1. The third-order valence-electron chi connectivity index (χ3n) is 11.9. The molecule has 1 aromatic rings. The van der Waals surface area contributed by atoms with Gasteiger partial charge in [-0.3, -0.25) is 19.2 Å². The van der Waals surface area contributed by atoms with E-state index >= 15 is 0 Å². The van der Waals surface area contributed by atoms with Crippen molar-refractivity contribution < 1.29 is 33.1 Å². The lowest BCUT2D eigenvalue weighted by Gasteiger charge is -2.45. The Balaban J connectivity index is 1.94. The van der Waals surface area contributed by atoms with Crippen molar-refractivity contribution in [1.82, 2.24) is 21.3 Å². The van der Waals surface area contributed by atoms with E-state index in [9.17, 15) is 14.4 Å². The zero-order chi connectivity index (χ0) is 39.8. The van der Waals surface area contributed by atoms with Gasteiger partial charge in [0.05, 0.1) is 54.0 Å². The molecule has 2 aliphatic heterocycles. The molecule has 3 N–H and O–H groups in total. The van der Waals surface area contributed by atoms with Gasteiger partial charge in [-0.05, 0) is 82.2 Å². The number of fused-ring (bicyclic) bond motifs is 1. The van der Waals surface area contributed by atoms with Crippen molar-refractivity contribution in [2.24, 2.45) is 17.3 Å². The molecule has 0 spiro atoms. The number of amides is 1. The van der Waals surface area contributed by atoms with E-state index in [2.05, 4.69) is 69.0 Å². The molecule has 2 aliphatic rings. The van der Waals surface area contributed by atoms with E-state index in [4.69, 9.17) is 18.7 Å². The van der Waals surface area contributed by atoms with Crippen LogP contribution in [0, 0.1) is 24.2 Å². The molecule has 2 fully saturated rings. The molecule has 11 nitrogen and oxygen atoms in total. The van der Waals surface area contributed by atoms with Crippen LogP contribution in [0.4, 0.5) is 0 Å². The van der Waals surface area contributed by atoms with Gasteiger partial charge < -0.3 is 19.2 Å². The highest BCUT2D eigenvalue weighted by Crippen LogP contribution is 2.45. The summed E-state index contributed by atoms with van der Waals surface area (Å²) in [6.07, 6.45) is 6.58. The first-order valence-electron chi connectivity index (χ1n) is 19.6. The SMILES string of the molecule is CONNCCCCCC(=O)O[C@H]1[C@@H](C)CCC[C@@]2(C)O[C@H]2C[C@@H](/C(C)=C/c2csc(C)n2)NC(=O)C[C@H](O[Si](C)(C)C(C)(C)C)C(C)(C)C(=O)[C@@H]1C. The highest BCUT2D eigenvalue weighted by atomic mass is 32.1. The molecular weight excluding hydrogens is 709 g/mol. The third kappa shape index (κ3) is 13.0. The molecular formula is C40H70N4O7SSi. The van der Waals surface area contributed by atoms with Gasteiger partial charge in [0.1, 0.15) is 11.9 Å². The number of aryl methyl sites for hydroxylation is 1. The van der Waals surface area contributed by atoms with Gasteiger partial charge >= 0.3 is 5.97 Å².